The summed E-state index contributed by atoms with van der Waals surface area (Å²) in [7, 11) is 0. The van der Waals surface area contributed by atoms with E-state index in [0.717, 1.165) is 5.56 Å². The number of anilines is 1. The van der Waals surface area contributed by atoms with Crippen LogP contribution >= 0.6 is 11.3 Å². The molecule has 0 spiro atoms. The third kappa shape index (κ3) is 3.33. The van der Waals surface area contributed by atoms with Gasteiger partial charge < -0.3 is 9.52 Å². The molecule has 4 rings (SSSR count). The number of benzene rings is 2. The number of nitrogens with one attached hydrogen (secondary N) is 1. The van der Waals surface area contributed by atoms with Crippen LogP contribution in [0.25, 0.3) is 22.2 Å². The average molecular weight is 363 g/mol. The molecule has 4 aromatic rings. The summed E-state index contributed by atoms with van der Waals surface area (Å²) in [4.78, 5) is 16.6. The molecule has 128 valence electrons. The molecule has 2 N–H and O–H groups in total. The highest BCUT2D eigenvalue weighted by Crippen LogP contribution is 2.26. The van der Waals surface area contributed by atoms with Gasteiger partial charge in [-0.3, -0.25) is 5.43 Å². The second-order valence-corrected chi connectivity index (χ2v) is 6.35. The maximum absolute atomic E-state index is 12.2. The quantitative estimate of drug-likeness (QED) is 0.324. The van der Waals surface area contributed by atoms with E-state index >= 15 is 0 Å². The lowest BCUT2D eigenvalue weighted by Gasteiger charge is -2.00. The molecule has 0 radical (unpaired) electrons. The van der Waals surface area contributed by atoms with Gasteiger partial charge in [0.2, 0.25) is 5.13 Å². The predicted molar refractivity (Wildman–Crippen MR) is 103 cm³/mol. The van der Waals surface area contributed by atoms with Crippen molar-refractivity contribution in [3.05, 3.63) is 76.0 Å². The normalized spacial score (nSPS) is 11.2. The van der Waals surface area contributed by atoms with E-state index in [1.165, 1.54) is 17.4 Å². The Labute approximate surface area is 152 Å². The van der Waals surface area contributed by atoms with E-state index < -0.39 is 5.63 Å². The van der Waals surface area contributed by atoms with E-state index in [0.29, 0.717) is 27.4 Å². The van der Waals surface area contributed by atoms with Gasteiger partial charge in [-0.1, -0.05) is 30.3 Å². The first-order chi connectivity index (χ1) is 12.7. The van der Waals surface area contributed by atoms with Gasteiger partial charge in [-0.25, -0.2) is 9.78 Å². The topological polar surface area (TPSA) is 87.7 Å². The molecule has 0 saturated carbocycles. The van der Waals surface area contributed by atoms with Crippen LogP contribution in [0, 0.1) is 0 Å². The number of nitrogens with zero attached hydrogens (tertiary/aromatic N) is 2. The minimum Gasteiger partial charge on any atom is -0.508 e. The molecule has 2 aromatic heterocycles. The van der Waals surface area contributed by atoms with Crippen LogP contribution in [0.1, 0.15) is 5.56 Å². The molecular weight excluding hydrogens is 350 g/mol. The van der Waals surface area contributed by atoms with E-state index in [2.05, 4.69) is 15.5 Å². The molecule has 0 saturated heterocycles. The van der Waals surface area contributed by atoms with Gasteiger partial charge in [0.05, 0.1) is 17.5 Å². The zero-order valence-corrected chi connectivity index (χ0v) is 14.2. The Bertz CT molecular complexity index is 1150. The molecule has 0 aliphatic heterocycles. The number of rotatable bonds is 4. The summed E-state index contributed by atoms with van der Waals surface area (Å²) in [6, 6.07) is 16.0. The maximum Gasteiger partial charge on any atom is 0.345 e. The van der Waals surface area contributed by atoms with Crippen molar-refractivity contribution < 1.29 is 9.52 Å². The number of hydrogen-bond acceptors (Lipinski definition) is 7. The number of hydrazone groups is 1. The van der Waals surface area contributed by atoms with Crippen LogP contribution in [-0.2, 0) is 0 Å². The zero-order chi connectivity index (χ0) is 17.9. The smallest absolute Gasteiger partial charge is 0.345 e. The molecule has 0 fully saturated rings. The maximum atomic E-state index is 12.2. The van der Waals surface area contributed by atoms with Gasteiger partial charge in [0, 0.05) is 16.8 Å². The van der Waals surface area contributed by atoms with Crippen molar-refractivity contribution in [2.24, 2.45) is 5.10 Å². The van der Waals surface area contributed by atoms with Crippen molar-refractivity contribution in [3.63, 3.8) is 0 Å². The van der Waals surface area contributed by atoms with Crippen LogP contribution in [0.4, 0.5) is 5.13 Å². The van der Waals surface area contributed by atoms with E-state index in [9.17, 15) is 9.90 Å². The first-order valence-electron chi connectivity index (χ1n) is 7.76. The van der Waals surface area contributed by atoms with E-state index in [4.69, 9.17) is 4.42 Å². The number of hydrogen-bond donors (Lipinski definition) is 2. The van der Waals surface area contributed by atoms with Crippen LogP contribution in [0.15, 0.2) is 74.3 Å². The second-order valence-electron chi connectivity index (χ2n) is 5.49. The summed E-state index contributed by atoms with van der Waals surface area (Å²) in [5.74, 6) is 0.0461. The Morgan fingerprint density at radius 1 is 1.15 bits per heavy atom. The van der Waals surface area contributed by atoms with Crippen molar-refractivity contribution in [2.75, 3.05) is 5.43 Å². The van der Waals surface area contributed by atoms with Crippen molar-refractivity contribution in [1.29, 1.82) is 0 Å². The zero-order valence-electron chi connectivity index (χ0n) is 13.4. The summed E-state index contributed by atoms with van der Waals surface area (Å²) < 4.78 is 5.28. The van der Waals surface area contributed by atoms with Crippen LogP contribution in [-0.4, -0.2) is 16.3 Å². The summed E-state index contributed by atoms with van der Waals surface area (Å²) in [6.45, 7) is 0. The highest BCUT2D eigenvalue weighted by molar-refractivity contribution is 7.14. The van der Waals surface area contributed by atoms with Gasteiger partial charge >= 0.3 is 5.63 Å². The Balaban J connectivity index is 1.59. The lowest BCUT2D eigenvalue weighted by Crippen LogP contribution is -2.03. The van der Waals surface area contributed by atoms with Gasteiger partial charge in [-0.2, -0.15) is 5.10 Å². The Hall–Kier alpha value is -3.45. The minimum atomic E-state index is -0.507. The number of aromatic hydroxyl groups is 1. The predicted octanol–water partition coefficient (Wildman–Crippen LogP) is 4.07. The number of fused-ring (bicyclic) bond motifs is 1. The average Bonchev–Trinajstić information content (AvgIpc) is 3.10. The Kier molecular flexibility index (Phi) is 4.20. The molecular formula is C19H13N3O3S. The van der Waals surface area contributed by atoms with Crippen LogP contribution in [0.3, 0.4) is 0 Å². The first-order valence-corrected chi connectivity index (χ1v) is 8.64. The number of phenols is 1. The molecule has 2 heterocycles. The third-order valence-electron chi connectivity index (χ3n) is 3.67. The van der Waals surface area contributed by atoms with Gasteiger partial charge in [-0.15, -0.1) is 11.3 Å². The van der Waals surface area contributed by atoms with Gasteiger partial charge in [0.1, 0.15) is 11.3 Å². The third-order valence-corrected chi connectivity index (χ3v) is 4.42. The highest BCUT2D eigenvalue weighted by atomic mass is 32.1. The number of aromatic nitrogens is 1. The Morgan fingerprint density at radius 2 is 2.00 bits per heavy atom. The molecule has 0 atom stereocenters. The molecule has 0 unspecified atom stereocenters. The van der Waals surface area contributed by atoms with Crippen molar-refractivity contribution in [2.45, 2.75) is 0 Å². The summed E-state index contributed by atoms with van der Waals surface area (Å²) in [5, 5.41) is 16.7. The SMILES string of the molecule is O=c1oc2cc(O)ccc2cc1-c1csc(NN=Cc2ccccc2)n1. The molecule has 0 aliphatic rings. The molecule has 0 bridgehead atoms. The fraction of sp³-hybridized carbons (Fsp3) is 0. The summed E-state index contributed by atoms with van der Waals surface area (Å²) >= 11 is 1.34. The first kappa shape index (κ1) is 16.0. The number of thiazole rings is 1. The van der Waals surface area contributed by atoms with E-state index in [-0.39, 0.29) is 5.75 Å². The van der Waals surface area contributed by atoms with E-state index in [1.807, 2.05) is 30.3 Å². The van der Waals surface area contributed by atoms with E-state index in [1.54, 1.807) is 29.8 Å². The van der Waals surface area contributed by atoms with Crippen LogP contribution < -0.4 is 11.1 Å². The lowest BCUT2D eigenvalue weighted by atomic mass is 10.1. The summed E-state index contributed by atoms with van der Waals surface area (Å²) in [5.41, 5.74) is 4.52. The molecule has 7 heteroatoms. The van der Waals surface area contributed by atoms with Gasteiger partial charge in [0.25, 0.3) is 0 Å². The summed E-state index contributed by atoms with van der Waals surface area (Å²) in [6.07, 6.45) is 1.69. The van der Waals surface area contributed by atoms with Crippen molar-refractivity contribution in [1.82, 2.24) is 4.98 Å². The highest BCUT2D eigenvalue weighted by Gasteiger charge is 2.11. The fourth-order valence-electron chi connectivity index (χ4n) is 2.43. The Morgan fingerprint density at radius 3 is 2.85 bits per heavy atom. The molecule has 6 nitrogen and oxygen atoms in total. The standard InChI is InChI=1S/C19H13N3O3S/c23-14-7-6-13-8-15(18(24)25-17(13)9-14)16-11-26-19(21-16)22-20-10-12-4-2-1-3-5-12/h1-11,23H,(H,21,22). The monoisotopic (exact) mass is 363 g/mol. The van der Waals surface area contributed by atoms with Crippen LogP contribution in [0.5, 0.6) is 5.75 Å². The molecule has 0 amide bonds. The number of phenolic OH excluding ortho intramolecular Hbond substituents is 1. The van der Waals surface area contributed by atoms with Crippen LogP contribution in [0.2, 0.25) is 0 Å². The molecule has 2 aromatic carbocycles. The fourth-order valence-corrected chi connectivity index (χ4v) is 3.09. The van der Waals surface area contributed by atoms with Crippen molar-refractivity contribution >= 4 is 33.7 Å². The second kappa shape index (κ2) is 6.81. The van der Waals surface area contributed by atoms with Gasteiger partial charge in [-0.05, 0) is 23.8 Å². The van der Waals surface area contributed by atoms with Crippen molar-refractivity contribution in [3.8, 4) is 17.0 Å². The lowest BCUT2D eigenvalue weighted by molar-refractivity contribution is 0.473. The largest absolute Gasteiger partial charge is 0.508 e. The molecule has 0 aliphatic carbocycles. The van der Waals surface area contributed by atoms with Gasteiger partial charge in [0.15, 0.2) is 0 Å². The minimum absolute atomic E-state index is 0.0461. The molecule has 26 heavy (non-hydrogen) atoms.